The molecule has 0 saturated carbocycles. The maximum atomic E-state index is 12.8. The number of hydrogen-bond donors (Lipinski definition) is 2. The number of carbonyl (C=O) groups is 1. The molecule has 24 heavy (non-hydrogen) atoms. The van der Waals surface area contributed by atoms with Crippen LogP contribution >= 0.6 is 11.6 Å². The average Bonchev–Trinajstić information content (AvgIpc) is 2.56. The molecule has 1 amide bonds. The van der Waals surface area contributed by atoms with Crippen LogP contribution in [0.5, 0.6) is 0 Å². The minimum atomic E-state index is -0.298. The lowest BCUT2D eigenvalue weighted by atomic mass is 10.1. The fourth-order valence-corrected chi connectivity index (χ4v) is 2.66. The first-order valence-corrected chi connectivity index (χ1v) is 8.11. The van der Waals surface area contributed by atoms with Gasteiger partial charge >= 0.3 is 0 Å². The summed E-state index contributed by atoms with van der Waals surface area (Å²) in [7, 11) is 4.04. The van der Waals surface area contributed by atoms with E-state index in [0.717, 1.165) is 11.1 Å². The first kappa shape index (κ1) is 18.2. The largest absolute Gasteiger partial charge is 0.346 e. The van der Waals surface area contributed by atoms with Crippen LogP contribution in [0.4, 0.5) is 4.39 Å². The molecule has 0 aliphatic heterocycles. The van der Waals surface area contributed by atoms with Crippen LogP contribution in [0.3, 0.4) is 0 Å². The standard InChI is InChI=1S/C19H20ClFN2O/c1-23(2)18(16-5-3-4-6-17(16)20)13-22-19(24)12-9-14-7-10-15(21)11-8-14/h3-12,18H,13H2,1-2H3,(H,22,24)/p+1/b12-9+/t18-/m1/s1. The Bertz CT molecular complexity index is 714. The van der Waals surface area contributed by atoms with Crippen molar-refractivity contribution >= 4 is 23.6 Å². The van der Waals surface area contributed by atoms with E-state index in [0.29, 0.717) is 11.6 Å². The molecule has 0 aromatic heterocycles. The van der Waals surface area contributed by atoms with E-state index in [4.69, 9.17) is 11.6 Å². The fourth-order valence-electron chi connectivity index (χ4n) is 2.39. The summed E-state index contributed by atoms with van der Waals surface area (Å²) >= 11 is 6.26. The third kappa shape index (κ3) is 5.18. The minimum absolute atomic E-state index is 0.0573. The van der Waals surface area contributed by atoms with Crippen molar-refractivity contribution < 1.29 is 14.1 Å². The molecule has 0 aliphatic rings. The molecule has 0 heterocycles. The Kier molecular flexibility index (Phi) is 6.53. The second kappa shape index (κ2) is 8.62. The lowest BCUT2D eigenvalue weighted by Gasteiger charge is -2.22. The molecule has 0 unspecified atom stereocenters. The Balaban J connectivity index is 1.98. The summed E-state index contributed by atoms with van der Waals surface area (Å²) in [6.07, 6.45) is 3.10. The Morgan fingerprint density at radius 1 is 1.21 bits per heavy atom. The molecule has 1 atom stereocenters. The second-order valence-electron chi connectivity index (χ2n) is 5.78. The SMILES string of the molecule is C[NH+](C)[C@H](CNC(=O)/C=C/c1ccc(F)cc1)c1ccccc1Cl. The predicted octanol–water partition coefficient (Wildman–Crippen LogP) is 2.49. The van der Waals surface area contributed by atoms with E-state index in [1.807, 2.05) is 38.4 Å². The van der Waals surface area contributed by atoms with E-state index in [-0.39, 0.29) is 17.8 Å². The van der Waals surface area contributed by atoms with E-state index in [1.54, 1.807) is 18.2 Å². The zero-order valence-electron chi connectivity index (χ0n) is 13.7. The topological polar surface area (TPSA) is 33.5 Å². The summed E-state index contributed by atoms with van der Waals surface area (Å²) in [5.74, 6) is -0.495. The van der Waals surface area contributed by atoms with Gasteiger partial charge in [0.2, 0.25) is 5.91 Å². The van der Waals surface area contributed by atoms with Crippen LogP contribution in [-0.2, 0) is 4.79 Å². The zero-order valence-corrected chi connectivity index (χ0v) is 14.5. The van der Waals surface area contributed by atoms with Gasteiger partial charge in [-0.15, -0.1) is 0 Å². The van der Waals surface area contributed by atoms with Gasteiger partial charge in [0, 0.05) is 16.7 Å². The minimum Gasteiger partial charge on any atom is -0.346 e. The van der Waals surface area contributed by atoms with Gasteiger partial charge in [0.1, 0.15) is 11.9 Å². The molecule has 0 spiro atoms. The lowest BCUT2D eigenvalue weighted by Crippen LogP contribution is -3.07. The number of carbonyl (C=O) groups excluding carboxylic acids is 1. The monoisotopic (exact) mass is 347 g/mol. The van der Waals surface area contributed by atoms with Gasteiger partial charge in [-0.2, -0.15) is 0 Å². The number of quaternary nitrogens is 1. The van der Waals surface area contributed by atoms with Crippen molar-refractivity contribution in [2.45, 2.75) is 6.04 Å². The van der Waals surface area contributed by atoms with Crippen LogP contribution in [-0.4, -0.2) is 26.5 Å². The maximum absolute atomic E-state index is 12.8. The highest BCUT2D eigenvalue weighted by atomic mass is 35.5. The van der Waals surface area contributed by atoms with E-state index < -0.39 is 0 Å². The summed E-state index contributed by atoms with van der Waals surface area (Å²) in [4.78, 5) is 13.2. The Morgan fingerprint density at radius 2 is 1.88 bits per heavy atom. The predicted molar refractivity (Wildman–Crippen MR) is 95.4 cm³/mol. The van der Waals surface area contributed by atoms with E-state index in [1.165, 1.54) is 23.1 Å². The maximum Gasteiger partial charge on any atom is 0.244 e. The Morgan fingerprint density at radius 3 is 2.50 bits per heavy atom. The normalized spacial score (nSPS) is 12.5. The summed E-state index contributed by atoms with van der Waals surface area (Å²) in [5.41, 5.74) is 1.77. The number of rotatable bonds is 6. The van der Waals surface area contributed by atoms with Crippen LogP contribution in [0.15, 0.2) is 54.6 Å². The highest BCUT2D eigenvalue weighted by Gasteiger charge is 2.20. The molecular formula is C19H21ClFN2O+. The van der Waals surface area contributed by atoms with Crippen molar-refractivity contribution in [1.82, 2.24) is 5.32 Å². The molecular weight excluding hydrogens is 327 g/mol. The molecule has 0 bridgehead atoms. The van der Waals surface area contributed by atoms with Gasteiger partial charge < -0.3 is 10.2 Å². The molecule has 5 heteroatoms. The smallest absolute Gasteiger partial charge is 0.244 e. The fraction of sp³-hybridized carbons (Fsp3) is 0.211. The Hall–Kier alpha value is -2.17. The van der Waals surface area contributed by atoms with Crippen LogP contribution in [0.2, 0.25) is 5.02 Å². The second-order valence-corrected chi connectivity index (χ2v) is 6.19. The van der Waals surface area contributed by atoms with Crippen molar-refractivity contribution in [2.75, 3.05) is 20.6 Å². The van der Waals surface area contributed by atoms with Gasteiger partial charge in [-0.05, 0) is 29.8 Å². The van der Waals surface area contributed by atoms with Gasteiger partial charge in [-0.25, -0.2) is 4.39 Å². The summed E-state index contributed by atoms with van der Waals surface area (Å²) in [5, 5.41) is 3.59. The number of nitrogens with one attached hydrogen (secondary N) is 2. The lowest BCUT2D eigenvalue weighted by molar-refractivity contribution is -0.890. The zero-order chi connectivity index (χ0) is 17.5. The van der Waals surface area contributed by atoms with Crippen LogP contribution in [0, 0.1) is 5.82 Å². The number of hydrogen-bond acceptors (Lipinski definition) is 1. The molecule has 2 aromatic rings. The first-order chi connectivity index (χ1) is 11.5. The van der Waals surface area contributed by atoms with Gasteiger partial charge in [0.05, 0.1) is 20.6 Å². The first-order valence-electron chi connectivity index (χ1n) is 7.73. The number of amides is 1. The van der Waals surface area contributed by atoms with E-state index in [9.17, 15) is 9.18 Å². The molecule has 2 N–H and O–H groups in total. The molecule has 2 aromatic carbocycles. The summed E-state index contributed by atoms with van der Waals surface area (Å²) in [6, 6.07) is 13.7. The number of benzene rings is 2. The molecule has 3 nitrogen and oxygen atoms in total. The molecule has 0 aliphatic carbocycles. The Labute approximate surface area is 146 Å². The van der Waals surface area contributed by atoms with Crippen LogP contribution < -0.4 is 10.2 Å². The van der Waals surface area contributed by atoms with Crippen molar-refractivity contribution in [3.63, 3.8) is 0 Å². The summed E-state index contributed by atoms with van der Waals surface area (Å²) < 4.78 is 12.8. The van der Waals surface area contributed by atoms with Crippen molar-refractivity contribution in [3.8, 4) is 0 Å². The molecule has 0 radical (unpaired) electrons. The van der Waals surface area contributed by atoms with Crippen molar-refractivity contribution in [1.29, 1.82) is 0 Å². The molecule has 126 valence electrons. The van der Waals surface area contributed by atoms with Crippen LogP contribution in [0.25, 0.3) is 6.08 Å². The van der Waals surface area contributed by atoms with Gasteiger partial charge in [0.25, 0.3) is 0 Å². The van der Waals surface area contributed by atoms with Gasteiger partial charge in [-0.3, -0.25) is 4.79 Å². The van der Waals surface area contributed by atoms with Crippen molar-refractivity contribution in [3.05, 3.63) is 76.6 Å². The molecule has 0 saturated heterocycles. The quantitative estimate of drug-likeness (QED) is 0.773. The van der Waals surface area contributed by atoms with Gasteiger partial charge in [-0.1, -0.05) is 41.9 Å². The summed E-state index contributed by atoms with van der Waals surface area (Å²) in [6.45, 7) is 0.471. The molecule has 0 fully saturated rings. The van der Waals surface area contributed by atoms with Crippen molar-refractivity contribution in [2.24, 2.45) is 0 Å². The number of likely N-dealkylation sites (N-methyl/N-ethyl adjacent to an activating group) is 1. The van der Waals surface area contributed by atoms with E-state index in [2.05, 4.69) is 5.32 Å². The third-order valence-electron chi connectivity index (χ3n) is 3.76. The van der Waals surface area contributed by atoms with Gasteiger partial charge in [0.15, 0.2) is 0 Å². The van der Waals surface area contributed by atoms with E-state index >= 15 is 0 Å². The third-order valence-corrected chi connectivity index (χ3v) is 4.10. The average molecular weight is 348 g/mol. The highest BCUT2D eigenvalue weighted by Crippen LogP contribution is 2.20. The number of halogens is 2. The van der Waals surface area contributed by atoms with Crippen LogP contribution in [0.1, 0.15) is 17.2 Å². The highest BCUT2D eigenvalue weighted by molar-refractivity contribution is 6.31. The molecule has 2 rings (SSSR count).